The van der Waals surface area contributed by atoms with Crippen LogP contribution in [0.25, 0.3) is 0 Å². The molecular formula is C13H15BrF3N3O2. The van der Waals surface area contributed by atoms with Crippen LogP contribution in [0.5, 0.6) is 0 Å². The summed E-state index contributed by atoms with van der Waals surface area (Å²) < 4.78 is 38.1. The van der Waals surface area contributed by atoms with E-state index in [2.05, 4.69) is 31.9 Å². The van der Waals surface area contributed by atoms with Crippen molar-refractivity contribution < 1.29 is 22.8 Å². The maximum atomic E-state index is 12.7. The first-order valence-electron chi connectivity index (χ1n) is 6.32. The maximum Gasteiger partial charge on any atom is 0.417 e. The number of hydrogen-bond acceptors (Lipinski definition) is 3. The van der Waals surface area contributed by atoms with E-state index < -0.39 is 11.7 Å². The number of benzene rings is 1. The summed E-state index contributed by atoms with van der Waals surface area (Å²) in [5.41, 5.74) is -0.629. The molecule has 1 aromatic carbocycles. The molecule has 0 radical (unpaired) electrons. The van der Waals surface area contributed by atoms with Crippen molar-refractivity contribution >= 4 is 33.4 Å². The topological polar surface area (TPSA) is 70.2 Å². The van der Waals surface area contributed by atoms with Crippen LogP contribution in [0.4, 0.5) is 18.9 Å². The Morgan fingerprint density at radius 3 is 2.41 bits per heavy atom. The fraction of sp³-hybridized carbons (Fsp3) is 0.385. The van der Waals surface area contributed by atoms with Crippen molar-refractivity contribution in [2.45, 2.75) is 13.1 Å². The Bertz CT molecular complexity index is 550. The Balaban J connectivity index is 2.48. The van der Waals surface area contributed by atoms with Crippen molar-refractivity contribution in [1.82, 2.24) is 10.6 Å². The van der Waals surface area contributed by atoms with Gasteiger partial charge in [0, 0.05) is 30.2 Å². The van der Waals surface area contributed by atoms with Gasteiger partial charge in [0.15, 0.2) is 0 Å². The van der Waals surface area contributed by atoms with Gasteiger partial charge in [-0.15, -0.1) is 0 Å². The third-order valence-electron chi connectivity index (χ3n) is 2.55. The van der Waals surface area contributed by atoms with E-state index in [1.54, 1.807) is 0 Å². The molecule has 0 aliphatic rings. The van der Waals surface area contributed by atoms with Crippen molar-refractivity contribution in [3.8, 4) is 0 Å². The molecule has 0 aliphatic carbocycles. The molecule has 0 saturated heterocycles. The molecular weight excluding hydrogens is 367 g/mol. The van der Waals surface area contributed by atoms with Gasteiger partial charge < -0.3 is 16.0 Å². The van der Waals surface area contributed by atoms with Crippen molar-refractivity contribution in [3.05, 3.63) is 28.2 Å². The van der Waals surface area contributed by atoms with E-state index in [1.807, 2.05) is 0 Å². The first-order valence-corrected chi connectivity index (χ1v) is 7.11. The lowest BCUT2D eigenvalue weighted by Crippen LogP contribution is -2.36. The monoisotopic (exact) mass is 381 g/mol. The Morgan fingerprint density at radius 1 is 1.18 bits per heavy atom. The predicted molar refractivity (Wildman–Crippen MR) is 79.3 cm³/mol. The summed E-state index contributed by atoms with van der Waals surface area (Å²) in [6.07, 6.45) is -4.48. The standard InChI is InChI=1S/C13H15BrF3N3O2/c1-8(21)18-4-5-19-12(22)7-20-9-2-3-11(14)10(6-9)13(15,16)17/h2-3,6,20H,4-5,7H2,1H3,(H,18,21)(H,19,22). The van der Waals surface area contributed by atoms with Gasteiger partial charge >= 0.3 is 6.18 Å². The number of hydrogen-bond donors (Lipinski definition) is 3. The van der Waals surface area contributed by atoms with E-state index in [0.29, 0.717) is 0 Å². The quantitative estimate of drug-likeness (QED) is 0.661. The molecule has 22 heavy (non-hydrogen) atoms. The van der Waals surface area contributed by atoms with Crippen LogP contribution in [-0.4, -0.2) is 31.4 Å². The Kier molecular flexibility index (Phi) is 6.66. The normalized spacial score (nSPS) is 11.0. The van der Waals surface area contributed by atoms with Crippen LogP contribution in [0.3, 0.4) is 0 Å². The number of halogens is 4. The van der Waals surface area contributed by atoms with E-state index in [4.69, 9.17) is 0 Å². The van der Waals surface area contributed by atoms with Crippen molar-refractivity contribution in [2.24, 2.45) is 0 Å². The van der Waals surface area contributed by atoms with E-state index in [1.165, 1.54) is 19.1 Å². The van der Waals surface area contributed by atoms with Gasteiger partial charge in [-0.25, -0.2) is 0 Å². The molecule has 0 atom stereocenters. The number of anilines is 1. The molecule has 0 fully saturated rings. The van der Waals surface area contributed by atoms with Gasteiger partial charge in [0.05, 0.1) is 12.1 Å². The van der Waals surface area contributed by atoms with Crippen LogP contribution in [0, 0.1) is 0 Å². The molecule has 0 saturated carbocycles. The maximum absolute atomic E-state index is 12.7. The van der Waals surface area contributed by atoms with Crippen molar-refractivity contribution in [2.75, 3.05) is 25.0 Å². The molecule has 0 aliphatic heterocycles. The van der Waals surface area contributed by atoms with E-state index in [-0.39, 0.29) is 41.6 Å². The van der Waals surface area contributed by atoms with Crippen molar-refractivity contribution in [3.63, 3.8) is 0 Å². The average molecular weight is 382 g/mol. The van der Waals surface area contributed by atoms with E-state index in [9.17, 15) is 22.8 Å². The molecule has 122 valence electrons. The lowest BCUT2D eigenvalue weighted by Gasteiger charge is -2.12. The second-order valence-corrected chi connectivity index (χ2v) is 5.23. The number of rotatable bonds is 6. The summed E-state index contributed by atoms with van der Waals surface area (Å²) in [7, 11) is 0. The summed E-state index contributed by atoms with van der Waals surface area (Å²) >= 11 is 2.84. The van der Waals surface area contributed by atoms with E-state index in [0.717, 1.165) is 6.07 Å². The molecule has 5 nitrogen and oxygen atoms in total. The highest BCUT2D eigenvalue weighted by atomic mass is 79.9. The second kappa shape index (κ2) is 8.02. The minimum absolute atomic E-state index is 0.0645. The van der Waals surface area contributed by atoms with Gasteiger partial charge in [-0.1, -0.05) is 15.9 Å². The fourth-order valence-electron chi connectivity index (χ4n) is 1.54. The van der Waals surface area contributed by atoms with E-state index >= 15 is 0 Å². The summed E-state index contributed by atoms with van der Waals surface area (Å²) in [5.74, 6) is -0.594. The number of nitrogens with one attached hydrogen (secondary N) is 3. The second-order valence-electron chi connectivity index (χ2n) is 4.38. The van der Waals surface area contributed by atoms with Gasteiger partial charge in [-0.05, 0) is 18.2 Å². The zero-order valence-corrected chi connectivity index (χ0v) is 13.3. The minimum Gasteiger partial charge on any atom is -0.376 e. The smallest absolute Gasteiger partial charge is 0.376 e. The highest BCUT2D eigenvalue weighted by Crippen LogP contribution is 2.36. The molecule has 1 aromatic rings. The molecule has 1 rings (SSSR count). The number of carbonyl (C=O) groups excluding carboxylic acids is 2. The first kappa shape index (κ1) is 18.3. The number of amides is 2. The third kappa shape index (κ3) is 6.33. The van der Waals surface area contributed by atoms with Crippen molar-refractivity contribution in [1.29, 1.82) is 0 Å². The first-order chi connectivity index (χ1) is 10.2. The number of alkyl halides is 3. The largest absolute Gasteiger partial charge is 0.417 e. The van der Waals surface area contributed by atoms with Gasteiger partial charge in [0.25, 0.3) is 0 Å². The molecule has 0 bridgehead atoms. The van der Waals surface area contributed by atoms with Crippen LogP contribution in [0.2, 0.25) is 0 Å². The fourth-order valence-corrected chi connectivity index (χ4v) is 2.01. The van der Waals surface area contributed by atoms with Crippen LogP contribution in [0.15, 0.2) is 22.7 Å². The predicted octanol–water partition coefficient (Wildman–Crippen LogP) is 2.13. The zero-order chi connectivity index (χ0) is 16.8. The summed E-state index contributed by atoms with van der Waals surface area (Å²) in [4.78, 5) is 22.1. The highest BCUT2D eigenvalue weighted by Gasteiger charge is 2.33. The Hall–Kier alpha value is -1.77. The Labute approximate surface area is 133 Å². The highest BCUT2D eigenvalue weighted by molar-refractivity contribution is 9.10. The lowest BCUT2D eigenvalue weighted by atomic mass is 10.2. The van der Waals surface area contributed by atoms with Crippen LogP contribution in [0.1, 0.15) is 12.5 Å². The van der Waals surface area contributed by atoms with Gasteiger partial charge in [-0.2, -0.15) is 13.2 Å². The van der Waals surface area contributed by atoms with Gasteiger partial charge in [0.2, 0.25) is 11.8 Å². The average Bonchev–Trinajstić information content (AvgIpc) is 2.41. The summed E-state index contributed by atoms with van der Waals surface area (Å²) in [6, 6.07) is 3.62. The molecule has 2 amide bonds. The lowest BCUT2D eigenvalue weighted by molar-refractivity contribution is -0.138. The van der Waals surface area contributed by atoms with Gasteiger partial charge in [-0.3, -0.25) is 9.59 Å². The Morgan fingerprint density at radius 2 is 1.82 bits per heavy atom. The van der Waals surface area contributed by atoms with Crippen LogP contribution >= 0.6 is 15.9 Å². The minimum atomic E-state index is -4.48. The molecule has 3 N–H and O–H groups in total. The summed E-state index contributed by atoms with van der Waals surface area (Å²) in [6.45, 7) is 1.72. The number of carbonyl (C=O) groups is 2. The zero-order valence-electron chi connectivity index (χ0n) is 11.7. The molecule has 9 heteroatoms. The third-order valence-corrected chi connectivity index (χ3v) is 3.24. The molecule has 0 heterocycles. The molecule has 0 unspecified atom stereocenters. The van der Waals surface area contributed by atoms with Crippen LogP contribution < -0.4 is 16.0 Å². The van der Waals surface area contributed by atoms with Gasteiger partial charge in [0.1, 0.15) is 0 Å². The summed E-state index contributed by atoms with van der Waals surface area (Å²) in [5, 5.41) is 7.63. The molecule has 0 spiro atoms. The SMILES string of the molecule is CC(=O)NCCNC(=O)CNc1ccc(Br)c(C(F)(F)F)c1. The molecule has 0 aromatic heterocycles. The van der Waals surface area contributed by atoms with Crippen LogP contribution in [-0.2, 0) is 15.8 Å².